The van der Waals surface area contributed by atoms with Crippen molar-refractivity contribution >= 4 is 33.8 Å². The van der Waals surface area contributed by atoms with Crippen LogP contribution in [0.15, 0.2) is 46.9 Å². The minimum absolute atomic E-state index is 0.270. The maximum Gasteiger partial charge on any atom is 0.259 e. The molecule has 0 heterocycles. The molecule has 102 valence electrons. The van der Waals surface area contributed by atoms with Gasteiger partial charge in [-0.3, -0.25) is 9.59 Å². The van der Waals surface area contributed by atoms with E-state index in [2.05, 4.69) is 21.2 Å². The second-order valence-electron chi connectivity index (χ2n) is 4.04. The molecular weight excluding hydrogens is 322 g/mol. The van der Waals surface area contributed by atoms with Gasteiger partial charge in [0.1, 0.15) is 12.0 Å². The zero-order chi connectivity index (χ0) is 14.5. The minimum Gasteiger partial charge on any atom is -0.496 e. The van der Waals surface area contributed by atoms with Gasteiger partial charge < -0.3 is 10.1 Å². The summed E-state index contributed by atoms with van der Waals surface area (Å²) in [5, 5.41) is 2.75. The molecule has 0 bridgehead atoms. The van der Waals surface area contributed by atoms with Crippen molar-refractivity contribution in [2.75, 3.05) is 12.4 Å². The Morgan fingerprint density at radius 3 is 2.50 bits per heavy atom. The molecule has 0 saturated carbocycles. The van der Waals surface area contributed by atoms with E-state index in [0.717, 1.165) is 10.8 Å². The van der Waals surface area contributed by atoms with E-state index in [-0.39, 0.29) is 5.91 Å². The topological polar surface area (TPSA) is 55.4 Å². The van der Waals surface area contributed by atoms with E-state index < -0.39 is 0 Å². The Labute approximate surface area is 124 Å². The number of benzene rings is 2. The fourth-order valence-electron chi connectivity index (χ4n) is 1.70. The predicted octanol–water partition coefficient (Wildman–Crippen LogP) is 3.52. The Bertz CT molecular complexity index is 638. The third kappa shape index (κ3) is 3.24. The Morgan fingerprint density at radius 1 is 1.20 bits per heavy atom. The quantitative estimate of drug-likeness (QED) is 0.871. The van der Waals surface area contributed by atoms with Crippen LogP contribution in [0.2, 0.25) is 0 Å². The minimum atomic E-state index is -0.270. The van der Waals surface area contributed by atoms with E-state index in [4.69, 9.17) is 4.74 Å². The highest BCUT2D eigenvalue weighted by Gasteiger charge is 2.12. The SMILES string of the molecule is COc1cc(Br)ccc1C(=O)Nc1ccc(C=O)cc1. The number of ether oxygens (including phenoxy) is 1. The summed E-state index contributed by atoms with van der Waals surface area (Å²) in [5.41, 5.74) is 1.62. The molecule has 0 aliphatic rings. The van der Waals surface area contributed by atoms with Crippen LogP contribution < -0.4 is 10.1 Å². The Balaban J connectivity index is 2.21. The van der Waals surface area contributed by atoms with Crippen LogP contribution in [0.1, 0.15) is 20.7 Å². The van der Waals surface area contributed by atoms with Crippen LogP contribution in [-0.4, -0.2) is 19.3 Å². The van der Waals surface area contributed by atoms with Crippen LogP contribution in [0.5, 0.6) is 5.75 Å². The number of carbonyl (C=O) groups excluding carboxylic acids is 2. The molecule has 1 amide bonds. The van der Waals surface area contributed by atoms with E-state index in [1.807, 2.05) is 0 Å². The molecule has 0 aliphatic heterocycles. The van der Waals surface area contributed by atoms with Gasteiger partial charge in [-0.1, -0.05) is 15.9 Å². The third-order valence-corrected chi connectivity index (χ3v) is 3.21. The molecule has 0 unspecified atom stereocenters. The maximum atomic E-state index is 12.2. The average Bonchev–Trinajstić information content (AvgIpc) is 2.47. The monoisotopic (exact) mass is 333 g/mol. The van der Waals surface area contributed by atoms with E-state index in [9.17, 15) is 9.59 Å². The van der Waals surface area contributed by atoms with Crippen molar-refractivity contribution in [3.63, 3.8) is 0 Å². The number of aldehydes is 1. The second kappa shape index (κ2) is 6.34. The molecular formula is C15H12BrNO3. The standard InChI is InChI=1S/C15H12BrNO3/c1-20-14-8-11(16)4-7-13(14)15(19)17-12-5-2-10(9-18)3-6-12/h2-9H,1H3,(H,17,19). The summed E-state index contributed by atoms with van der Waals surface area (Å²) in [7, 11) is 1.51. The molecule has 1 N–H and O–H groups in total. The molecule has 0 aliphatic carbocycles. The molecule has 5 heteroatoms. The van der Waals surface area contributed by atoms with Gasteiger partial charge in [0, 0.05) is 15.7 Å². The van der Waals surface area contributed by atoms with Crippen molar-refractivity contribution in [3.05, 3.63) is 58.1 Å². The molecule has 0 atom stereocenters. The zero-order valence-corrected chi connectivity index (χ0v) is 12.3. The van der Waals surface area contributed by atoms with Gasteiger partial charge in [0.2, 0.25) is 0 Å². The first-order valence-corrected chi connectivity index (χ1v) is 6.63. The summed E-state index contributed by atoms with van der Waals surface area (Å²) in [5.74, 6) is 0.217. The van der Waals surface area contributed by atoms with Crippen LogP contribution in [-0.2, 0) is 0 Å². The van der Waals surface area contributed by atoms with Gasteiger partial charge in [-0.15, -0.1) is 0 Å². The van der Waals surface area contributed by atoms with E-state index in [1.165, 1.54) is 7.11 Å². The summed E-state index contributed by atoms with van der Waals surface area (Å²) in [6.45, 7) is 0. The largest absolute Gasteiger partial charge is 0.496 e. The zero-order valence-electron chi connectivity index (χ0n) is 10.7. The van der Waals surface area contributed by atoms with Crippen molar-refractivity contribution in [1.82, 2.24) is 0 Å². The molecule has 2 rings (SSSR count). The summed E-state index contributed by atoms with van der Waals surface area (Å²) >= 11 is 3.32. The number of carbonyl (C=O) groups is 2. The third-order valence-electron chi connectivity index (χ3n) is 2.71. The smallest absolute Gasteiger partial charge is 0.259 e. The highest BCUT2D eigenvalue weighted by molar-refractivity contribution is 9.10. The van der Waals surface area contributed by atoms with Crippen molar-refractivity contribution in [2.45, 2.75) is 0 Å². The molecule has 2 aromatic rings. The summed E-state index contributed by atoms with van der Waals surface area (Å²) in [4.78, 5) is 22.8. The Kier molecular flexibility index (Phi) is 4.53. The second-order valence-corrected chi connectivity index (χ2v) is 4.95. The Hall–Kier alpha value is -2.14. The van der Waals surface area contributed by atoms with Crippen molar-refractivity contribution in [1.29, 1.82) is 0 Å². The van der Waals surface area contributed by atoms with Gasteiger partial charge in [-0.2, -0.15) is 0 Å². The normalized spacial score (nSPS) is 9.90. The molecule has 20 heavy (non-hydrogen) atoms. The van der Waals surface area contributed by atoms with E-state index >= 15 is 0 Å². The lowest BCUT2D eigenvalue weighted by atomic mass is 10.1. The first-order valence-electron chi connectivity index (χ1n) is 5.84. The van der Waals surface area contributed by atoms with Crippen LogP contribution in [0.3, 0.4) is 0 Å². The first kappa shape index (κ1) is 14.3. The summed E-state index contributed by atoms with van der Waals surface area (Å²) < 4.78 is 6.02. The lowest BCUT2D eigenvalue weighted by Gasteiger charge is -2.09. The highest BCUT2D eigenvalue weighted by Crippen LogP contribution is 2.24. The molecule has 4 nitrogen and oxygen atoms in total. The van der Waals surface area contributed by atoms with Gasteiger partial charge in [0.05, 0.1) is 12.7 Å². The van der Waals surface area contributed by atoms with Gasteiger partial charge >= 0.3 is 0 Å². The first-order chi connectivity index (χ1) is 9.63. The molecule has 2 aromatic carbocycles. The van der Waals surface area contributed by atoms with Crippen molar-refractivity contribution < 1.29 is 14.3 Å². The summed E-state index contributed by atoms with van der Waals surface area (Å²) in [6, 6.07) is 11.8. The fourth-order valence-corrected chi connectivity index (χ4v) is 2.04. The number of methoxy groups -OCH3 is 1. The van der Waals surface area contributed by atoms with Gasteiger partial charge in [0.15, 0.2) is 0 Å². The highest BCUT2D eigenvalue weighted by atomic mass is 79.9. The number of amides is 1. The van der Waals surface area contributed by atoms with E-state index in [1.54, 1.807) is 42.5 Å². The number of anilines is 1. The molecule has 0 aromatic heterocycles. The molecule has 0 fully saturated rings. The maximum absolute atomic E-state index is 12.2. The number of rotatable bonds is 4. The number of hydrogen-bond acceptors (Lipinski definition) is 3. The van der Waals surface area contributed by atoms with Gasteiger partial charge in [0.25, 0.3) is 5.91 Å². The van der Waals surface area contributed by atoms with Crippen molar-refractivity contribution in [2.24, 2.45) is 0 Å². The average molecular weight is 334 g/mol. The number of nitrogens with one attached hydrogen (secondary N) is 1. The van der Waals surface area contributed by atoms with E-state index in [0.29, 0.717) is 22.6 Å². The van der Waals surface area contributed by atoms with Crippen LogP contribution in [0, 0.1) is 0 Å². The Morgan fingerprint density at radius 2 is 1.90 bits per heavy atom. The molecule has 0 radical (unpaired) electrons. The van der Waals surface area contributed by atoms with Crippen LogP contribution in [0.25, 0.3) is 0 Å². The molecule has 0 saturated heterocycles. The van der Waals surface area contributed by atoms with Crippen LogP contribution >= 0.6 is 15.9 Å². The number of halogens is 1. The van der Waals surface area contributed by atoms with Gasteiger partial charge in [-0.25, -0.2) is 0 Å². The predicted molar refractivity (Wildman–Crippen MR) is 80.5 cm³/mol. The fraction of sp³-hybridized carbons (Fsp3) is 0.0667. The lowest BCUT2D eigenvalue weighted by molar-refractivity contribution is 0.102. The van der Waals surface area contributed by atoms with Gasteiger partial charge in [-0.05, 0) is 42.5 Å². The summed E-state index contributed by atoms with van der Waals surface area (Å²) in [6.07, 6.45) is 0.753. The molecule has 0 spiro atoms. The van der Waals surface area contributed by atoms with Crippen molar-refractivity contribution in [3.8, 4) is 5.75 Å². The lowest BCUT2D eigenvalue weighted by Crippen LogP contribution is -2.13. The van der Waals surface area contributed by atoms with Crippen LogP contribution in [0.4, 0.5) is 5.69 Å². The number of hydrogen-bond donors (Lipinski definition) is 1.